The number of phenolic OH excluding ortho intramolecular Hbond substituents is 1. The number of likely N-dealkylation sites (N-methyl/N-ethyl adjacent to an activating group) is 1. The van der Waals surface area contributed by atoms with E-state index in [2.05, 4.69) is 25.8 Å². The molecule has 1 aromatic rings. The van der Waals surface area contributed by atoms with Crippen molar-refractivity contribution in [3.05, 3.63) is 29.3 Å². The highest BCUT2D eigenvalue weighted by Crippen LogP contribution is 2.23. The van der Waals surface area contributed by atoms with Crippen LogP contribution >= 0.6 is 0 Å². The summed E-state index contributed by atoms with van der Waals surface area (Å²) < 4.78 is 0. The molecule has 4 heteroatoms. The Morgan fingerprint density at radius 1 is 1.26 bits per heavy atom. The molecule has 1 heterocycles. The van der Waals surface area contributed by atoms with E-state index in [9.17, 15) is 9.90 Å². The van der Waals surface area contributed by atoms with Crippen LogP contribution in [0.25, 0.3) is 0 Å². The average molecular weight is 262 g/mol. The SMILES string of the molecule is Cc1c(O)cccc1C(=O)N1CC(C)N(C)C(C)C1. The van der Waals surface area contributed by atoms with Gasteiger partial charge in [-0.15, -0.1) is 0 Å². The molecule has 0 aromatic heterocycles. The topological polar surface area (TPSA) is 43.8 Å². The van der Waals surface area contributed by atoms with E-state index in [1.54, 1.807) is 25.1 Å². The summed E-state index contributed by atoms with van der Waals surface area (Å²) in [6.45, 7) is 7.51. The highest BCUT2D eigenvalue weighted by molar-refractivity contribution is 5.96. The van der Waals surface area contributed by atoms with Crippen LogP contribution in [0.2, 0.25) is 0 Å². The van der Waals surface area contributed by atoms with Crippen molar-refractivity contribution in [1.82, 2.24) is 9.80 Å². The lowest BCUT2D eigenvalue weighted by Gasteiger charge is -2.42. The molecule has 1 aliphatic rings. The van der Waals surface area contributed by atoms with Crippen molar-refractivity contribution >= 4 is 5.91 Å². The Balaban J connectivity index is 2.23. The lowest BCUT2D eigenvalue weighted by atomic mass is 10.0. The van der Waals surface area contributed by atoms with Crippen molar-refractivity contribution in [2.24, 2.45) is 0 Å². The summed E-state index contributed by atoms with van der Waals surface area (Å²) in [5.74, 6) is 0.196. The van der Waals surface area contributed by atoms with Crippen molar-refractivity contribution in [3.8, 4) is 5.75 Å². The number of hydrogen-bond acceptors (Lipinski definition) is 3. The van der Waals surface area contributed by atoms with Crippen LogP contribution in [0, 0.1) is 6.92 Å². The molecule has 1 saturated heterocycles. The zero-order valence-corrected chi connectivity index (χ0v) is 12.1. The van der Waals surface area contributed by atoms with Gasteiger partial charge in [0.2, 0.25) is 0 Å². The Bertz CT molecular complexity index is 475. The van der Waals surface area contributed by atoms with Gasteiger partial charge in [-0.05, 0) is 40.0 Å². The fraction of sp³-hybridized carbons (Fsp3) is 0.533. The summed E-state index contributed by atoms with van der Waals surface area (Å²) in [6, 6.07) is 5.82. The van der Waals surface area contributed by atoms with Crippen molar-refractivity contribution in [2.45, 2.75) is 32.9 Å². The van der Waals surface area contributed by atoms with Crippen LogP contribution < -0.4 is 0 Å². The van der Waals surface area contributed by atoms with Gasteiger partial charge in [0.05, 0.1) is 0 Å². The minimum Gasteiger partial charge on any atom is -0.508 e. The first-order valence-electron chi connectivity index (χ1n) is 6.71. The first kappa shape index (κ1) is 13.9. The van der Waals surface area contributed by atoms with E-state index in [0.717, 1.165) is 13.1 Å². The zero-order chi connectivity index (χ0) is 14.2. The fourth-order valence-corrected chi connectivity index (χ4v) is 2.60. The number of piperazine rings is 1. The number of rotatable bonds is 1. The van der Waals surface area contributed by atoms with Crippen LogP contribution in [0.5, 0.6) is 5.75 Å². The molecule has 19 heavy (non-hydrogen) atoms. The van der Waals surface area contributed by atoms with Crippen LogP contribution in [-0.2, 0) is 0 Å². The summed E-state index contributed by atoms with van der Waals surface area (Å²) in [5.41, 5.74) is 1.26. The molecule has 2 rings (SSSR count). The Morgan fingerprint density at radius 2 is 1.84 bits per heavy atom. The minimum absolute atomic E-state index is 0.0141. The minimum atomic E-state index is 0.0141. The first-order valence-corrected chi connectivity index (χ1v) is 6.71. The van der Waals surface area contributed by atoms with Crippen molar-refractivity contribution < 1.29 is 9.90 Å². The van der Waals surface area contributed by atoms with Gasteiger partial charge in [-0.3, -0.25) is 9.69 Å². The van der Waals surface area contributed by atoms with Crippen LogP contribution in [0.15, 0.2) is 18.2 Å². The second-order valence-electron chi connectivity index (χ2n) is 5.52. The lowest BCUT2D eigenvalue weighted by molar-refractivity contribution is 0.0413. The lowest BCUT2D eigenvalue weighted by Crippen LogP contribution is -2.56. The second kappa shape index (κ2) is 5.21. The van der Waals surface area contributed by atoms with E-state index in [-0.39, 0.29) is 11.7 Å². The third-order valence-electron chi connectivity index (χ3n) is 4.18. The first-order chi connectivity index (χ1) is 8.91. The quantitative estimate of drug-likeness (QED) is 0.840. The summed E-state index contributed by atoms with van der Waals surface area (Å²) in [7, 11) is 2.09. The molecule has 0 saturated carbocycles. The number of carbonyl (C=O) groups excluding carboxylic acids is 1. The largest absolute Gasteiger partial charge is 0.508 e. The van der Waals surface area contributed by atoms with Crippen LogP contribution in [0.1, 0.15) is 29.8 Å². The van der Waals surface area contributed by atoms with Crippen molar-refractivity contribution in [3.63, 3.8) is 0 Å². The van der Waals surface area contributed by atoms with Crippen molar-refractivity contribution in [1.29, 1.82) is 0 Å². The zero-order valence-electron chi connectivity index (χ0n) is 12.1. The number of amides is 1. The Hall–Kier alpha value is -1.55. The summed E-state index contributed by atoms with van der Waals surface area (Å²) in [6.07, 6.45) is 0. The summed E-state index contributed by atoms with van der Waals surface area (Å²) in [5, 5.41) is 9.71. The molecule has 0 aliphatic carbocycles. The third-order valence-corrected chi connectivity index (χ3v) is 4.18. The highest BCUT2D eigenvalue weighted by Gasteiger charge is 2.30. The Kier molecular flexibility index (Phi) is 3.80. The number of benzene rings is 1. The summed E-state index contributed by atoms with van der Waals surface area (Å²) >= 11 is 0. The molecule has 104 valence electrons. The van der Waals surface area contributed by atoms with Gasteiger partial charge in [0.25, 0.3) is 5.91 Å². The van der Waals surface area contributed by atoms with E-state index in [1.807, 2.05) is 4.90 Å². The van der Waals surface area contributed by atoms with Gasteiger partial charge < -0.3 is 10.0 Å². The van der Waals surface area contributed by atoms with Gasteiger partial charge in [0.1, 0.15) is 5.75 Å². The predicted octanol–water partition coefficient (Wildman–Crippen LogP) is 1.87. The molecule has 1 aromatic carbocycles. The van der Waals surface area contributed by atoms with E-state index in [1.165, 1.54) is 0 Å². The number of aromatic hydroxyl groups is 1. The molecule has 4 nitrogen and oxygen atoms in total. The molecule has 1 aliphatic heterocycles. The predicted molar refractivity (Wildman–Crippen MR) is 75.4 cm³/mol. The van der Waals surface area contributed by atoms with Gasteiger partial charge in [0, 0.05) is 36.3 Å². The molecule has 2 atom stereocenters. The molecular weight excluding hydrogens is 240 g/mol. The monoisotopic (exact) mass is 262 g/mol. The Morgan fingerprint density at radius 3 is 2.42 bits per heavy atom. The number of nitrogens with zero attached hydrogens (tertiary/aromatic N) is 2. The maximum atomic E-state index is 12.6. The number of phenols is 1. The van der Waals surface area contributed by atoms with Gasteiger partial charge in [-0.25, -0.2) is 0 Å². The van der Waals surface area contributed by atoms with Crippen LogP contribution in [0.4, 0.5) is 0 Å². The van der Waals surface area contributed by atoms with Gasteiger partial charge in [-0.1, -0.05) is 6.07 Å². The maximum Gasteiger partial charge on any atom is 0.254 e. The van der Waals surface area contributed by atoms with Gasteiger partial charge >= 0.3 is 0 Å². The molecule has 0 radical (unpaired) electrons. The molecule has 1 N–H and O–H groups in total. The summed E-state index contributed by atoms with van der Waals surface area (Å²) in [4.78, 5) is 16.7. The standard InChI is InChI=1S/C15H22N2O2/c1-10-8-17(9-11(2)16(10)4)15(19)13-6-5-7-14(18)12(13)3/h5-7,10-11,18H,8-9H2,1-4H3. The van der Waals surface area contributed by atoms with Gasteiger partial charge in [-0.2, -0.15) is 0 Å². The van der Waals surface area contributed by atoms with Crippen molar-refractivity contribution in [2.75, 3.05) is 20.1 Å². The molecule has 2 unspecified atom stereocenters. The molecule has 0 spiro atoms. The van der Waals surface area contributed by atoms with Crippen LogP contribution in [-0.4, -0.2) is 53.0 Å². The fourth-order valence-electron chi connectivity index (χ4n) is 2.60. The third kappa shape index (κ3) is 2.59. The Labute approximate surface area is 114 Å². The smallest absolute Gasteiger partial charge is 0.254 e. The average Bonchev–Trinajstić information content (AvgIpc) is 2.38. The highest BCUT2D eigenvalue weighted by atomic mass is 16.3. The molecular formula is C15H22N2O2. The second-order valence-corrected chi connectivity index (χ2v) is 5.52. The normalized spacial score (nSPS) is 24.5. The molecule has 1 amide bonds. The molecule has 1 fully saturated rings. The number of carbonyl (C=O) groups is 1. The maximum absolute atomic E-state index is 12.6. The van der Waals surface area contributed by atoms with E-state index in [4.69, 9.17) is 0 Å². The number of hydrogen-bond donors (Lipinski definition) is 1. The van der Waals surface area contributed by atoms with E-state index in [0.29, 0.717) is 23.2 Å². The van der Waals surface area contributed by atoms with Gasteiger partial charge in [0.15, 0.2) is 0 Å². The van der Waals surface area contributed by atoms with E-state index >= 15 is 0 Å². The molecule has 0 bridgehead atoms. The van der Waals surface area contributed by atoms with Crippen LogP contribution in [0.3, 0.4) is 0 Å². The van der Waals surface area contributed by atoms with E-state index < -0.39 is 0 Å².